The van der Waals surface area contributed by atoms with Crippen molar-refractivity contribution in [3.63, 3.8) is 0 Å². The average Bonchev–Trinajstić information content (AvgIpc) is 2.05. The van der Waals surface area contributed by atoms with Gasteiger partial charge in [-0.1, -0.05) is 0 Å². The Kier molecular flexibility index (Phi) is 2.60. The van der Waals surface area contributed by atoms with Crippen molar-refractivity contribution < 1.29 is 9.90 Å². The molecule has 0 radical (unpaired) electrons. The predicted molar refractivity (Wildman–Crippen MR) is 47.2 cm³/mol. The Hall–Kier alpha value is -1.45. The Morgan fingerprint density at radius 3 is 2.77 bits per heavy atom. The summed E-state index contributed by atoms with van der Waals surface area (Å²) in [5, 5.41) is 8.86. The third-order valence-electron chi connectivity index (χ3n) is 1.85. The van der Waals surface area contributed by atoms with E-state index in [1.807, 2.05) is 0 Å². The first kappa shape index (κ1) is 9.64. The van der Waals surface area contributed by atoms with Crippen molar-refractivity contribution in [1.29, 1.82) is 0 Å². The molecule has 0 spiro atoms. The first-order chi connectivity index (χ1) is 6.02. The minimum atomic E-state index is -0.814. The first-order valence-electron chi connectivity index (χ1n) is 4.01. The molecule has 0 bridgehead atoms. The van der Waals surface area contributed by atoms with Crippen LogP contribution in [0.25, 0.3) is 0 Å². The topological polar surface area (TPSA) is 63.1 Å². The van der Waals surface area contributed by atoms with Crippen molar-refractivity contribution in [2.75, 3.05) is 0 Å². The third-order valence-corrected chi connectivity index (χ3v) is 1.85. The Morgan fingerprint density at radius 1 is 1.62 bits per heavy atom. The van der Waals surface area contributed by atoms with E-state index in [0.29, 0.717) is 6.42 Å². The summed E-state index contributed by atoms with van der Waals surface area (Å²) in [5.41, 5.74) is -0.0173. The van der Waals surface area contributed by atoms with Crippen LogP contribution in [0.15, 0.2) is 18.6 Å². The summed E-state index contributed by atoms with van der Waals surface area (Å²) in [5.74, 6) is -0.814. The van der Waals surface area contributed by atoms with Gasteiger partial charge in [-0.05, 0) is 19.9 Å². The highest BCUT2D eigenvalue weighted by Gasteiger charge is 2.27. The van der Waals surface area contributed by atoms with Crippen LogP contribution in [0.5, 0.6) is 0 Å². The summed E-state index contributed by atoms with van der Waals surface area (Å²) in [6.45, 7) is 3.36. The normalized spacial score (nSPS) is 11.2. The lowest BCUT2D eigenvalue weighted by Crippen LogP contribution is -2.26. The molecule has 70 valence electrons. The van der Waals surface area contributed by atoms with E-state index in [9.17, 15) is 4.79 Å². The van der Waals surface area contributed by atoms with Crippen LogP contribution in [0.4, 0.5) is 0 Å². The van der Waals surface area contributed by atoms with Crippen molar-refractivity contribution >= 4 is 5.97 Å². The number of carboxylic acids is 1. The van der Waals surface area contributed by atoms with Gasteiger partial charge in [0.2, 0.25) is 0 Å². The molecule has 1 aromatic rings. The number of aliphatic carboxylic acids is 1. The number of nitrogens with zero attached hydrogens (tertiary/aromatic N) is 2. The molecule has 4 nitrogen and oxygen atoms in total. The van der Waals surface area contributed by atoms with Gasteiger partial charge in [0.05, 0.1) is 5.41 Å². The molecule has 1 heterocycles. The average molecular weight is 180 g/mol. The molecule has 0 aliphatic rings. The molecule has 0 saturated heterocycles. The van der Waals surface area contributed by atoms with Crippen LogP contribution in [0.1, 0.15) is 19.5 Å². The second kappa shape index (κ2) is 3.51. The van der Waals surface area contributed by atoms with Gasteiger partial charge in [-0.2, -0.15) is 0 Å². The summed E-state index contributed by atoms with van der Waals surface area (Å²) in [6.07, 6.45) is 3.46. The zero-order chi connectivity index (χ0) is 9.90. The van der Waals surface area contributed by atoms with Gasteiger partial charge in [0.1, 0.15) is 6.33 Å². The number of carbonyl (C=O) groups is 1. The molecule has 0 aliphatic heterocycles. The monoisotopic (exact) mass is 180 g/mol. The standard InChI is InChI=1S/C9H12N2O2/c1-9(2,8(12)13)5-7-3-4-10-6-11-7/h3-4,6H,5H2,1-2H3,(H,12,13). The molecule has 1 rings (SSSR count). The van der Waals surface area contributed by atoms with E-state index in [1.165, 1.54) is 6.33 Å². The fourth-order valence-corrected chi connectivity index (χ4v) is 0.951. The largest absolute Gasteiger partial charge is 0.481 e. The summed E-state index contributed by atoms with van der Waals surface area (Å²) in [4.78, 5) is 18.5. The van der Waals surface area contributed by atoms with Gasteiger partial charge in [-0.15, -0.1) is 0 Å². The maximum atomic E-state index is 10.8. The minimum absolute atomic E-state index is 0.421. The fraction of sp³-hybridized carbons (Fsp3) is 0.444. The van der Waals surface area contributed by atoms with Crippen LogP contribution in [0.3, 0.4) is 0 Å². The molecular weight excluding hydrogens is 168 g/mol. The molecule has 0 fully saturated rings. The van der Waals surface area contributed by atoms with Gasteiger partial charge < -0.3 is 5.11 Å². The summed E-state index contributed by atoms with van der Waals surface area (Å²) in [6, 6.07) is 1.73. The predicted octanol–water partition coefficient (Wildman–Crippen LogP) is 1.13. The Bertz CT molecular complexity index is 296. The molecule has 0 aromatic carbocycles. The lowest BCUT2D eigenvalue weighted by Gasteiger charge is -2.17. The maximum absolute atomic E-state index is 10.8. The third kappa shape index (κ3) is 2.50. The first-order valence-corrected chi connectivity index (χ1v) is 4.01. The second-order valence-electron chi connectivity index (χ2n) is 3.57. The van der Waals surface area contributed by atoms with E-state index in [2.05, 4.69) is 9.97 Å². The van der Waals surface area contributed by atoms with Crippen molar-refractivity contribution in [3.05, 3.63) is 24.3 Å². The van der Waals surface area contributed by atoms with E-state index >= 15 is 0 Å². The van der Waals surface area contributed by atoms with E-state index in [4.69, 9.17) is 5.11 Å². The van der Waals surface area contributed by atoms with Crippen molar-refractivity contribution in [2.45, 2.75) is 20.3 Å². The van der Waals surface area contributed by atoms with Crippen LogP contribution in [-0.4, -0.2) is 21.0 Å². The number of hydrogen-bond acceptors (Lipinski definition) is 3. The highest BCUT2D eigenvalue weighted by atomic mass is 16.4. The number of aromatic nitrogens is 2. The molecule has 0 amide bonds. The van der Waals surface area contributed by atoms with Crippen LogP contribution in [0, 0.1) is 5.41 Å². The van der Waals surface area contributed by atoms with E-state index in [1.54, 1.807) is 26.1 Å². The van der Waals surface area contributed by atoms with E-state index < -0.39 is 11.4 Å². The summed E-state index contributed by atoms with van der Waals surface area (Å²) >= 11 is 0. The number of rotatable bonds is 3. The highest BCUT2D eigenvalue weighted by molar-refractivity contribution is 5.73. The summed E-state index contributed by atoms with van der Waals surface area (Å²) < 4.78 is 0. The Balaban J connectivity index is 2.75. The molecule has 0 saturated carbocycles. The second-order valence-corrected chi connectivity index (χ2v) is 3.57. The molecule has 13 heavy (non-hydrogen) atoms. The number of carboxylic acid groups (broad SMARTS) is 1. The zero-order valence-corrected chi connectivity index (χ0v) is 7.69. The fourth-order valence-electron chi connectivity index (χ4n) is 0.951. The number of hydrogen-bond donors (Lipinski definition) is 1. The zero-order valence-electron chi connectivity index (χ0n) is 7.69. The van der Waals surface area contributed by atoms with Crippen LogP contribution in [0.2, 0.25) is 0 Å². The van der Waals surface area contributed by atoms with Crippen molar-refractivity contribution in [3.8, 4) is 0 Å². The minimum Gasteiger partial charge on any atom is -0.481 e. The van der Waals surface area contributed by atoms with E-state index in [0.717, 1.165) is 5.69 Å². The van der Waals surface area contributed by atoms with Crippen LogP contribution < -0.4 is 0 Å². The van der Waals surface area contributed by atoms with Gasteiger partial charge >= 0.3 is 5.97 Å². The lowest BCUT2D eigenvalue weighted by molar-refractivity contribution is -0.146. The molecule has 0 aliphatic carbocycles. The molecular formula is C9H12N2O2. The molecule has 1 aromatic heterocycles. The van der Waals surface area contributed by atoms with Gasteiger partial charge in [0.15, 0.2) is 0 Å². The lowest BCUT2D eigenvalue weighted by atomic mass is 9.88. The Labute approximate surface area is 76.7 Å². The molecule has 0 atom stereocenters. The van der Waals surface area contributed by atoms with Gasteiger partial charge in [-0.25, -0.2) is 9.97 Å². The summed E-state index contributed by atoms with van der Waals surface area (Å²) in [7, 11) is 0. The quantitative estimate of drug-likeness (QED) is 0.757. The SMILES string of the molecule is CC(C)(Cc1ccncn1)C(=O)O. The molecule has 0 unspecified atom stereocenters. The highest BCUT2D eigenvalue weighted by Crippen LogP contribution is 2.20. The van der Waals surface area contributed by atoms with Crippen molar-refractivity contribution in [1.82, 2.24) is 9.97 Å². The molecule has 4 heteroatoms. The molecule has 1 N–H and O–H groups in total. The Morgan fingerprint density at radius 2 is 2.31 bits per heavy atom. The van der Waals surface area contributed by atoms with Gasteiger partial charge in [-0.3, -0.25) is 4.79 Å². The smallest absolute Gasteiger partial charge is 0.309 e. The van der Waals surface area contributed by atoms with Gasteiger partial charge in [0.25, 0.3) is 0 Å². The van der Waals surface area contributed by atoms with Crippen LogP contribution in [-0.2, 0) is 11.2 Å². The van der Waals surface area contributed by atoms with Gasteiger partial charge in [0, 0.05) is 18.3 Å². The van der Waals surface area contributed by atoms with Crippen LogP contribution >= 0.6 is 0 Å². The maximum Gasteiger partial charge on any atom is 0.309 e. The van der Waals surface area contributed by atoms with Crippen molar-refractivity contribution in [2.24, 2.45) is 5.41 Å². The van der Waals surface area contributed by atoms with E-state index in [-0.39, 0.29) is 0 Å².